The van der Waals surface area contributed by atoms with E-state index in [-0.39, 0.29) is 5.91 Å². The Morgan fingerprint density at radius 2 is 1.69 bits per heavy atom. The van der Waals surface area contributed by atoms with Gasteiger partial charge in [-0.05, 0) is 42.7 Å². The quantitative estimate of drug-likeness (QED) is 0.379. The van der Waals surface area contributed by atoms with Crippen molar-refractivity contribution in [2.24, 2.45) is 4.99 Å². The second kappa shape index (κ2) is 11.2. The fraction of sp³-hybridized carbons (Fsp3) is 0.300. The van der Waals surface area contributed by atoms with Crippen molar-refractivity contribution in [2.75, 3.05) is 26.7 Å². The molecule has 2 aromatic rings. The fourth-order valence-corrected chi connectivity index (χ4v) is 2.64. The van der Waals surface area contributed by atoms with Gasteiger partial charge in [-0.15, -0.1) is 0 Å². The van der Waals surface area contributed by atoms with E-state index in [1.54, 1.807) is 19.2 Å². The number of nitrogens with zero attached hydrogens (tertiary/aromatic N) is 1. The van der Waals surface area contributed by atoms with Crippen molar-refractivity contribution in [3.8, 4) is 0 Å². The normalized spacial score (nSPS) is 11.1. The summed E-state index contributed by atoms with van der Waals surface area (Å²) in [5, 5.41) is 10.2. The molecule has 0 bridgehead atoms. The molecule has 1 amide bonds. The van der Waals surface area contributed by atoms with Crippen LogP contribution in [0.15, 0.2) is 59.6 Å². The molecule has 0 saturated carbocycles. The molecule has 0 unspecified atom stereocenters. The van der Waals surface area contributed by atoms with E-state index in [1.165, 1.54) is 5.56 Å². The van der Waals surface area contributed by atoms with Crippen molar-refractivity contribution < 1.29 is 4.79 Å². The molecule has 0 aliphatic rings. The molecule has 138 valence electrons. The van der Waals surface area contributed by atoms with Crippen LogP contribution in [-0.2, 0) is 6.42 Å². The number of hydrogen-bond acceptors (Lipinski definition) is 2. The third kappa shape index (κ3) is 7.15. The standard InChI is InChI=1S/C20H25ClN4O/c1-22-20(25-14-11-16-7-5-10-18(21)15-16)24-13-6-12-23-19(26)17-8-3-2-4-9-17/h2-5,7-10,15H,6,11-14H2,1H3,(H,23,26)(H2,22,24,25). The van der Waals surface area contributed by atoms with Crippen LogP contribution in [0, 0.1) is 0 Å². The number of hydrogen-bond donors (Lipinski definition) is 3. The maximum atomic E-state index is 11.9. The zero-order valence-electron chi connectivity index (χ0n) is 15.0. The summed E-state index contributed by atoms with van der Waals surface area (Å²) in [5.41, 5.74) is 1.86. The molecule has 3 N–H and O–H groups in total. The van der Waals surface area contributed by atoms with Crippen LogP contribution < -0.4 is 16.0 Å². The molecule has 5 nitrogen and oxygen atoms in total. The Labute approximate surface area is 159 Å². The lowest BCUT2D eigenvalue weighted by Gasteiger charge is -2.12. The van der Waals surface area contributed by atoms with Crippen molar-refractivity contribution in [3.63, 3.8) is 0 Å². The number of carbonyl (C=O) groups is 1. The largest absolute Gasteiger partial charge is 0.356 e. The summed E-state index contributed by atoms with van der Waals surface area (Å²) in [4.78, 5) is 16.1. The summed E-state index contributed by atoms with van der Waals surface area (Å²) in [7, 11) is 1.74. The lowest BCUT2D eigenvalue weighted by atomic mass is 10.1. The first-order chi connectivity index (χ1) is 12.7. The van der Waals surface area contributed by atoms with Crippen LogP contribution in [0.1, 0.15) is 22.3 Å². The lowest BCUT2D eigenvalue weighted by Crippen LogP contribution is -2.39. The summed E-state index contributed by atoms with van der Waals surface area (Å²) in [6, 6.07) is 17.1. The Bertz CT molecular complexity index is 719. The fourth-order valence-electron chi connectivity index (χ4n) is 2.43. The van der Waals surface area contributed by atoms with Crippen LogP contribution in [0.4, 0.5) is 0 Å². The van der Waals surface area contributed by atoms with Gasteiger partial charge >= 0.3 is 0 Å². The zero-order chi connectivity index (χ0) is 18.6. The van der Waals surface area contributed by atoms with Gasteiger partial charge in [0.25, 0.3) is 5.91 Å². The zero-order valence-corrected chi connectivity index (χ0v) is 15.7. The summed E-state index contributed by atoms with van der Waals surface area (Å²) in [6.45, 7) is 2.11. The highest BCUT2D eigenvalue weighted by Gasteiger charge is 2.03. The predicted molar refractivity (Wildman–Crippen MR) is 108 cm³/mol. The number of rotatable bonds is 8. The lowest BCUT2D eigenvalue weighted by molar-refractivity contribution is 0.0953. The summed E-state index contributed by atoms with van der Waals surface area (Å²) in [5.74, 6) is 0.705. The first-order valence-electron chi connectivity index (χ1n) is 8.71. The predicted octanol–water partition coefficient (Wildman–Crippen LogP) is 2.87. The Kier molecular flexibility index (Phi) is 8.49. The third-order valence-corrected chi connectivity index (χ3v) is 4.02. The maximum Gasteiger partial charge on any atom is 0.251 e. The van der Waals surface area contributed by atoms with Gasteiger partial charge in [0.05, 0.1) is 0 Å². The first kappa shape index (κ1) is 19.8. The Balaban J connectivity index is 1.59. The molecule has 0 spiro atoms. The number of amides is 1. The second-order valence-corrected chi connectivity index (χ2v) is 6.22. The Hall–Kier alpha value is -2.53. The average Bonchev–Trinajstić information content (AvgIpc) is 2.67. The van der Waals surface area contributed by atoms with E-state index in [0.29, 0.717) is 12.1 Å². The summed E-state index contributed by atoms with van der Waals surface area (Å²) in [6.07, 6.45) is 1.68. The van der Waals surface area contributed by atoms with Gasteiger partial charge < -0.3 is 16.0 Å². The molecular formula is C20H25ClN4O. The molecule has 0 aliphatic carbocycles. The van der Waals surface area contributed by atoms with Crippen LogP contribution >= 0.6 is 11.6 Å². The molecule has 0 saturated heterocycles. The van der Waals surface area contributed by atoms with Gasteiger partial charge in [-0.3, -0.25) is 9.79 Å². The highest BCUT2D eigenvalue weighted by molar-refractivity contribution is 6.30. The van der Waals surface area contributed by atoms with E-state index in [0.717, 1.165) is 36.9 Å². The van der Waals surface area contributed by atoms with Gasteiger partial charge in [0.1, 0.15) is 0 Å². The average molecular weight is 373 g/mol. The molecule has 6 heteroatoms. The van der Waals surface area contributed by atoms with Gasteiger partial charge in [-0.1, -0.05) is 41.9 Å². The number of halogens is 1. The molecule has 26 heavy (non-hydrogen) atoms. The van der Waals surface area contributed by atoms with Gasteiger partial charge in [0, 0.05) is 37.3 Å². The molecule has 0 heterocycles. The van der Waals surface area contributed by atoms with E-state index < -0.39 is 0 Å². The molecule has 2 aromatic carbocycles. The molecule has 0 aromatic heterocycles. The molecule has 0 fully saturated rings. The van der Waals surface area contributed by atoms with E-state index in [9.17, 15) is 4.79 Å². The van der Waals surface area contributed by atoms with E-state index in [4.69, 9.17) is 11.6 Å². The number of carbonyl (C=O) groups excluding carboxylic acids is 1. The van der Waals surface area contributed by atoms with E-state index in [2.05, 4.69) is 27.0 Å². The topological polar surface area (TPSA) is 65.5 Å². The minimum Gasteiger partial charge on any atom is -0.356 e. The minimum absolute atomic E-state index is 0.0466. The van der Waals surface area contributed by atoms with Crippen molar-refractivity contribution in [2.45, 2.75) is 12.8 Å². The Morgan fingerprint density at radius 3 is 2.42 bits per heavy atom. The summed E-state index contributed by atoms with van der Waals surface area (Å²) < 4.78 is 0. The first-order valence-corrected chi connectivity index (χ1v) is 9.09. The number of benzene rings is 2. The maximum absolute atomic E-state index is 11.9. The monoisotopic (exact) mass is 372 g/mol. The van der Waals surface area contributed by atoms with Gasteiger partial charge in [0.15, 0.2) is 5.96 Å². The third-order valence-electron chi connectivity index (χ3n) is 3.79. The molecule has 0 aliphatic heterocycles. The Morgan fingerprint density at radius 1 is 0.962 bits per heavy atom. The SMILES string of the molecule is CN=C(NCCCNC(=O)c1ccccc1)NCCc1cccc(Cl)c1. The minimum atomic E-state index is -0.0466. The van der Waals surface area contributed by atoms with Crippen molar-refractivity contribution >= 4 is 23.5 Å². The van der Waals surface area contributed by atoms with Gasteiger partial charge in [0.2, 0.25) is 0 Å². The number of guanidine groups is 1. The van der Waals surface area contributed by atoms with Crippen molar-refractivity contribution in [1.82, 2.24) is 16.0 Å². The number of nitrogens with one attached hydrogen (secondary N) is 3. The molecule has 0 radical (unpaired) electrons. The second-order valence-electron chi connectivity index (χ2n) is 5.78. The number of aliphatic imine (C=N–C) groups is 1. The van der Waals surface area contributed by atoms with Crippen LogP contribution in [0.5, 0.6) is 0 Å². The molecule has 2 rings (SSSR count). The van der Waals surface area contributed by atoms with Crippen molar-refractivity contribution in [1.29, 1.82) is 0 Å². The van der Waals surface area contributed by atoms with Crippen LogP contribution in [0.3, 0.4) is 0 Å². The van der Waals surface area contributed by atoms with Gasteiger partial charge in [-0.2, -0.15) is 0 Å². The van der Waals surface area contributed by atoms with Crippen LogP contribution in [0.25, 0.3) is 0 Å². The summed E-state index contributed by atoms with van der Waals surface area (Å²) >= 11 is 5.99. The van der Waals surface area contributed by atoms with Gasteiger partial charge in [-0.25, -0.2) is 0 Å². The van der Waals surface area contributed by atoms with E-state index in [1.807, 2.05) is 36.4 Å². The van der Waals surface area contributed by atoms with Crippen LogP contribution in [0.2, 0.25) is 5.02 Å². The van der Waals surface area contributed by atoms with Crippen LogP contribution in [-0.4, -0.2) is 38.5 Å². The molecular weight excluding hydrogens is 348 g/mol. The smallest absolute Gasteiger partial charge is 0.251 e. The highest BCUT2D eigenvalue weighted by atomic mass is 35.5. The van der Waals surface area contributed by atoms with Crippen molar-refractivity contribution in [3.05, 3.63) is 70.7 Å². The molecule has 0 atom stereocenters. The van der Waals surface area contributed by atoms with E-state index >= 15 is 0 Å². The highest BCUT2D eigenvalue weighted by Crippen LogP contribution is 2.10.